The average Bonchev–Trinajstić information content (AvgIpc) is 3.73. The van der Waals surface area contributed by atoms with Gasteiger partial charge in [0.2, 0.25) is 0 Å². The van der Waals surface area contributed by atoms with Crippen molar-refractivity contribution in [3.8, 4) is 50.8 Å². The fourth-order valence-electron chi connectivity index (χ4n) is 8.52. The summed E-state index contributed by atoms with van der Waals surface area (Å²) in [5.41, 5.74) is 16.8. The molecule has 0 radical (unpaired) electrons. The van der Waals surface area contributed by atoms with E-state index in [-0.39, 0.29) is 0 Å². The Morgan fingerprint density at radius 2 is 0.981 bits per heavy atom. The second kappa shape index (κ2) is 12.5. The van der Waals surface area contributed by atoms with Gasteiger partial charge in [0.05, 0.1) is 33.3 Å². The van der Waals surface area contributed by atoms with Gasteiger partial charge in [-0.25, -0.2) is 0 Å². The fraction of sp³-hybridized carbons (Fsp3) is 0.0392. The van der Waals surface area contributed by atoms with Crippen LogP contribution in [0, 0.1) is 25.2 Å². The molecular weight excluding hydrogens is 655 g/mol. The number of nitriles is 1. The molecule has 0 saturated heterocycles. The van der Waals surface area contributed by atoms with Crippen LogP contribution in [0.4, 0.5) is 0 Å². The summed E-state index contributed by atoms with van der Waals surface area (Å²) in [5.74, 6) is 0. The monoisotopic (exact) mass is 689 g/mol. The van der Waals surface area contributed by atoms with Crippen molar-refractivity contribution in [3.63, 3.8) is 0 Å². The van der Waals surface area contributed by atoms with E-state index in [0.717, 1.165) is 33.4 Å². The van der Waals surface area contributed by atoms with E-state index in [1.165, 1.54) is 66.1 Å². The number of benzene rings is 8. The van der Waals surface area contributed by atoms with Crippen molar-refractivity contribution in [2.75, 3.05) is 0 Å². The van der Waals surface area contributed by atoms with Gasteiger partial charge in [0.25, 0.3) is 0 Å². The Labute approximate surface area is 314 Å². The summed E-state index contributed by atoms with van der Waals surface area (Å²) in [4.78, 5) is 0. The molecule has 10 aromatic rings. The van der Waals surface area contributed by atoms with Gasteiger partial charge in [-0.2, -0.15) is 5.26 Å². The Morgan fingerprint density at radius 3 is 1.78 bits per heavy atom. The Kier molecular flexibility index (Phi) is 7.32. The number of para-hydroxylation sites is 3. The van der Waals surface area contributed by atoms with E-state index < -0.39 is 0 Å². The zero-order valence-electron chi connectivity index (χ0n) is 30.1. The first-order valence-electron chi connectivity index (χ1n) is 18.4. The summed E-state index contributed by atoms with van der Waals surface area (Å²) in [6, 6.07) is 65.5. The third-order valence-electron chi connectivity index (χ3n) is 10.9. The molecule has 0 N–H and O–H groups in total. The predicted molar refractivity (Wildman–Crippen MR) is 226 cm³/mol. The molecule has 0 aliphatic carbocycles. The first-order valence-corrected chi connectivity index (χ1v) is 18.4. The summed E-state index contributed by atoms with van der Waals surface area (Å²) >= 11 is 0. The Hall–Kier alpha value is -7.15. The molecule has 0 amide bonds. The molecule has 3 heteroatoms. The lowest BCUT2D eigenvalue weighted by Gasteiger charge is -2.17. The molecule has 54 heavy (non-hydrogen) atoms. The van der Waals surface area contributed by atoms with Crippen molar-refractivity contribution in [2.24, 2.45) is 0 Å². The van der Waals surface area contributed by atoms with E-state index in [4.69, 9.17) is 0 Å². The van der Waals surface area contributed by atoms with Crippen molar-refractivity contribution < 1.29 is 0 Å². The van der Waals surface area contributed by atoms with Gasteiger partial charge in [0, 0.05) is 32.8 Å². The molecule has 2 aromatic heterocycles. The van der Waals surface area contributed by atoms with E-state index >= 15 is 0 Å². The van der Waals surface area contributed by atoms with E-state index in [2.05, 4.69) is 181 Å². The van der Waals surface area contributed by atoms with Crippen molar-refractivity contribution in [3.05, 3.63) is 193 Å². The Bertz CT molecular complexity index is 3150. The molecule has 0 fully saturated rings. The quantitative estimate of drug-likeness (QED) is 0.177. The second-order valence-corrected chi connectivity index (χ2v) is 14.2. The lowest BCUT2D eigenvalue weighted by molar-refractivity contribution is 1.17. The minimum Gasteiger partial charge on any atom is -0.309 e. The fourth-order valence-corrected chi connectivity index (χ4v) is 8.52. The van der Waals surface area contributed by atoms with Crippen molar-refractivity contribution in [2.45, 2.75) is 13.8 Å². The number of rotatable bonds is 5. The zero-order chi connectivity index (χ0) is 36.3. The Balaban J connectivity index is 1.21. The van der Waals surface area contributed by atoms with Gasteiger partial charge in [-0.3, -0.25) is 0 Å². The predicted octanol–water partition coefficient (Wildman–Crippen LogP) is 13.4. The van der Waals surface area contributed by atoms with Crippen LogP contribution in [0.15, 0.2) is 176 Å². The van der Waals surface area contributed by atoms with Crippen molar-refractivity contribution in [1.82, 2.24) is 9.13 Å². The summed E-state index contributed by atoms with van der Waals surface area (Å²) in [6.07, 6.45) is 0. The van der Waals surface area contributed by atoms with Crippen LogP contribution in [0.3, 0.4) is 0 Å². The van der Waals surface area contributed by atoms with E-state index in [9.17, 15) is 5.26 Å². The second-order valence-electron chi connectivity index (χ2n) is 14.2. The third-order valence-corrected chi connectivity index (χ3v) is 10.9. The summed E-state index contributed by atoms with van der Waals surface area (Å²) in [5, 5.41) is 14.9. The molecule has 0 aliphatic heterocycles. The molecule has 10 rings (SSSR count). The molecule has 0 saturated carbocycles. The minimum absolute atomic E-state index is 0.652. The number of aromatic nitrogens is 2. The van der Waals surface area contributed by atoms with E-state index in [1.54, 1.807) is 0 Å². The minimum atomic E-state index is 0.652. The highest BCUT2D eigenvalue weighted by Crippen LogP contribution is 2.44. The van der Waals surface area contributed by atoms with Gasteiger partial charge in [-0.1, -0.05) is 127 Å². The van der Waals surface area contributed by atoms with E-state index in [0.29, 0.717) is 5.56 Å². The lowest BCUT2D eigenvalue weighted by atomic mass is 9.88. The Morgan fingerprint density at radius 1 is 0.407 bits per heavy atom. The normalized spacial score (nSPS) is 11.5. The maximum Gasteiger partial charge on any atom is 0.101 e. The van der Waals surface area contributed by atoms with Crippen LogP contribution in [-0.2, 0) is 0 Å². The van der Waals surface area contributed by atoms with Crippen molar-refractivity contribution >= 4 is 43.6 Å². The summed E-state index contributed by atoms with van der Waals surface area (Å²) in [7, 11) is 0. The van der Waals surface area contributed by atoms with E-state index in [1.807, 2.05) is 24.3 Å². The highest BCUT2D eigenvalue weighted by Gasteiger charge is 2.21. The third kappa shape index (κ3) is 4.89. The van der Waals surface area contributed by atoms with Gasteiger partial charge in [-0.05, 0) is 102 Å². The molecular formula is C51H35N3. The highest BCUT2D eigenvalue weighted by atomic mass is 15.0. The van der Waals surface area contributed by atoms with Gasteiger partial charge < -0.3 is 9.13 Å². The topological polar surface area (TPSA) is 33.6 Å². The number of fused-ring (bicyclic) bond motifs is 6. The molecule has 3 nitrogen and oxygen atoms in total. The molecule has 2 heterocycles. The standard InChI is InChI=1S/C51H35N3/c1-33-13-11-15-37(29-33)53-48-24-10-8-20-42(48)44-22-12-21-43(51(44)53)41-19-7-6-18-40(41)39-17-5-4-16-38(39)35-26-28-50-46(31-35)45-30-34(2)25-27-49(45)54(50)47-23-9-3-14-36(47)32-52/h3-31H,1-2H3. The smallest absolute Gasteiger partial charge is 0.101 e. The van der Waals surface area contributed by atoms with Crippen LogP contribution in [0.2, 0.25) is 0 Å². The molecule has 0 unspecified atom stereocenters. The molecule has 8 aromatic carbocycles. The molecule has 0 atom stereocenters. The average molecular weight is 690 g/mol. The van der Waals surface area contributed by atoms with Gasteiger partial charge >= 0.3 is 0 Å². The lowest BCUT2D eigenvalue weighted by Crippen LogP contribution is -1.97. The van der Waals surface area contributed by atoms with Gasteiger partial charge in [0.15, 0.2) is 0 Å². The summed E-state index contributed by atoms with van der Waals surface area (Å²) in [6.45, 7) is 4.30. The maximum atomic E-state index is 10.1. The van der Waals surface area contributed by atoms with Crippen LogP contribution in [0.1, 0.15) is 16.7 Å². The number of hydrogen-bond donors (Lipinski definition) is 0. The zero-order valence-corrected chi connectivity index (χ0v) is 30.1. The van der Waals surface area contributed by atoms with Crippen LogP contribution in [-0.4, -0.2) is 9.13 Å². The largest absolute Gasteiger partial charge is 0.309 e. The molecule has 0 bridgehead atoms. The molecule has 0 aliphatic rings. The first kappa shape index (κ1) is 31.6. The van der Waals surface area contributed by atoms with Crippen LogP contribution < -0.4 is 0 Å². The van der Waals surface area contributed by atoms with Crippen LogP contribution in [0.25, 0.3) is 88.4 Å². The summed E-state index contributed by atoms with van der Waals surface area (Å²) < 4.78 is 4.67. The highest BCUT2D eigenvalue weighted by molar-refractivity contribution is 6.15. The van der Waals surface area contributed by atoms with Gasteiger partial charge in [-0.15, -0.1) is 0 Å². The number of aryl methyl sites for hydroxylation is 2. The number of hydrogen-bond acceptors (Lipinski definition) is 1. The van der Waals surface area contributed by atoms with Crippen molar-refractivity contribution in [1.29, 1.82) is 5.26 Å². The molecule has 0 spiro atoms. The SMILES string of the molecule is Cc1cccc(-n2c3ccccc3c3cccc(-c4ccccc4-c4ccccc4-c4ccc5c(c4)c4cc(C)ccc4n5-c4ccccc4C#N)c32)c1. The van der Waals surface area contributed by atoms with Crippen LogP contribution in [0.5, 0.6) is 0 Å². The number of nitrogens with zero attached hydrogens (tertiary/aromatic N) is 3. The first-order chi connectivity index (χ1) is 26.6. The maximum absolute atomic E-state index is 10.1. The van der Waals surface area contributed by atoms with Gasteiger partial charge in [0.1, 0.15) is 6.07 Å². The van der Waals surface area contributed by atoms with Crippen LogP contribution >= 0.6 is 0 Å². The molecule has 254 valence electrons.